The van der Waals surface area contributed by atoms with Crippen LogP contribution in [0.1, 0.15) is 16.7 Å². The maximum Gasteiger partial charge on any atom is 0.139 e. The third kappa shape index (κ3) is 1.40. The van der Waals surface area contributed by atoms with E-state index in [1.807, 2.05) is 11.8 Å². The first-order chi connectivity index (χ1) is 9.34. The average Bonchev–Trinajstić information content (AvgIpc) is 3.01. The van der Waals surface area contributed by atoms with E-state index in [-0.39, 0.29) is 4.87 Å². The number of hydrogen-bond donors (Lipinski definition) is 0. The molecule has 0 aliphatic carbocycles. The van der Waals surface area contributed by atoms with Crippen LogP contribution in [0.2, 0.25) is 0 Å². The molecule has 1 atom stereocenters. The van der Waals surface area contributed by atoms with Crippen molar-refractivity contribution in [1.29, 1.82) is 0 Å². The van der Waals surface area contributed by atoms with Gasteiger partial charge in [-0.15, -0.1) is 11.8 Å². The Bertz CT molecular complexity index is 653. The maximum atomic E-state index is 5.70. The molecule has 19 heavy (non-hydrogen) atoms. The molecule has 1 fully saturated rings. The van der Waals surface area contributed by atoms with E-state index >= 15 is 0 Å². The van der Waals surface area contributed by atoms with Crippen molar-refractivity contribution < 1.29 is 0 Å². The number of nitrogens with zero attached hydrogens (tertiary/aromatic N) is 1. The summed E-state index contributed by atoms with van der Waals surface area (Å²) in [7, 11) is 0. The van der Waals surface area contributed by atoms with Gasteiger partial charge in [-0.25, -0.2) is 0 Å². The predicted molar refractivity (Wildman–Crippen MR) is 84.5 cm³/mol. The van der Waals surface area contributed by atoms with Crippen LogP contribution in [0.25, 0.3) is 0 Å². The Morgan fingerprint density at radius 3 is 2.58 bits per heavy atom. The summed E-state index contributed by atoms with van der Waals surface area (Å²) in [6, 6.07) is 19.3. The van der Waals surface area contributed by atoms with E-state index in [2.05, 4.69) is 59.5 Å². The van der Waals surface area contributed by atoms with Gasteiger partial charge >= 0.3 is 0 Å². The standard InChI is InChI=1S/C16H13NS2/c18-15-13-8-4-5-9-14(13)16(17(15)10-11-19-16)12-6-2-1-3-7-12/h1-9H,10-11H2. The normalized spacial score (nSPS) is 24.4. The molecule has 0 amide bonds. The Balaban J connectivity index is 2.02. The number of thiocarbonyl (C=S) groups is 1. The van der Waals surface area contributed by atoms with Gasteiger partial charge in [0.15, 0.2) is 0 Å². The van der Waals surface area contributed by atoms with E-state index in [0.717, 1.165) is 17.3 Å². The molecule has 0 radical (unpaired) electrons. The molecule has 2 aromatic rings. The maximum absolute atomic E-state index is 5.70. The van der Waals surface area contributed by atoms with Crippen LogP contribution >= 0.6 is 24.0 Å². The van der Waals surface area contributed by atoms with Crippen molar-refractivity contribution in [2.75, 3.05) is 12.3 Å². The van der Waals surface area contributed by atoms with Gasteiger partial charge in [0.05, 0.1) is 0 Å². The van der Waals surface area contributed by atoms with Crippen LogP contribution in [-0.2, 0) is 4.87 Å². The van der Waals surface area contributed by atoms with Crippen molar-refractivity contribution in [3.05, 3.63) is 71.3 Å². The van der Waals surface area contributed by atoms with E-state index in [4.69, 9.17) is 12.2 Å². The predicted octanol–water partition coefficient (Wildman–Crippen LogP) is 3.63. The molecule has 2 aliphatic heterocycles. The van der Waals surface area contributed by atoms with Gasteiger partial charge in [0, 0.05) is 23.4 Å². The van der Waals surface area contributed by atoms with Crippen molar-refractivity contribution in [2.45, 2.75) is 4.87 Å². The van der Waals surface area contributed by atoms with E-state index < -0.39 is 0 Å². The van der Waals surface area contributed by atoms with Gasteiger partial charge in [0.25, 0.3) is 0 Å². The average molecular weight is 283 g/mol. The molecule has 1 nitrogen and oxygen atoms in total. The second-order valence-electron chi connectivity index (χ2n) is 4.86. The van der Waals surface area contributed by atoms with Crippen molar-refractivity contribution in [3.8, 4) is 0 Å². The molecule has 0 aromatic heterocycles. The number of benzene rings is 2. The minimum absolute atomic E-state index is 0.0884. The minimum Gasteiger partial charge on any atom is -0.339 e. The van der Waals surface area contributed by atoms with Crippen molar-refractivity contribution >= 4 is 29.0 Å². The zero-order valence-corrected chi connectivity index (χ0v) is 12.0. The third-order valence-electron chi connectivity index (χ3n) is 3.94. The van der Waals surface area contributed by atoms with Crippen LogP contribution in [0, 0.1) is 0 Å². The van der Waals surface area contributed by atoms with E-state index in [1.54, 1.807) is 0 Å². The Labute approximate surface area is 122 Å². The molecule has 94 valence electrons. The first-order valence-corrected chi connectivity index (χ1v) is 7.84. The van der Waals surface area contributed by atoms with Gasteiger partial charge in [-0.05, 0) is 5.56 Å². The lowest BCUT2D eigenvalue weighted by atomic mass is 9.97. The molecule has 2 aliphatic rings. The van der Waals surface area contributed by atoms with Gasteiger partial charge in [-0.1, -0.05) is 66.8 Å². The topological polar surface area (TPSA) is 3.24 Å². The molecule has 4 rings (SSSR count). The van der Waals surface area contributed by atoms with Crippen LogP contribution in [0.5, 0.6) is 0 Å². The van der Waals surface area contributed by atoms with E-state index in [1.165, 1.54) is 16.7 Å². The van der Waals surface area contributed by atoms with Crippen LogP contribution in [-0.4, -0.2) is 22.2 Å². The molecule has 2 heterocycles. The molecule has 0 N–H and O–H groups in total. The van der Waals surface area contributed by atoms with Gasteiger partial charge in [-0.3, -0.25) is 0 Å². The Hall–Kier alpha value is -1.32. The van der Waals surface area contributed by atoms with Crippen molar-refractivity contribution in [2.24, 2.45) is 0 Å². The highest BCUT2D eigenvalue weighted by atomic mass is 32.2. The molecular weight excluding hydrogens is 270 g/mol. The number of rotatable bonds is 1. The third-order valence-corrected chi connectivity index (χ3v) is 5.86. The van der Waals surface area contributed by atoms with Crippen molar-refractivity contribution in [3.63, 3.8) is 0 Å². The SMILES string of the molecule is S=C1c2ccccc2C2(c3ccccc3)SCCN12. The lowest BCUT2D eigenvalue weighted by Crippen LogP contribution is -2.37. The largest absolute Gasteiger partial charge is 0.339 e. The fourth-order valence-electron chi connectivity index (χ4n) is 3.16. The highest BCUT2D eigenvalue weighted by Gasteiger charge is 2.52. The van der Waals surface area contributed by atoms with E-state index in [0.29, 0.717) is 0 Å². The summed E-state index contributed by atoms with van der Waals surface area (Å²) < 4.78 is 0. The lowest BCUT2D eigenvalue weighted by Gasteiger charge is -2.33. The molecule has 1 unspecified atom stereocenters. The number of fused-ring (bicyclic) bond motifs is 3. The van der Waals surface area contributed by atoms with Gasteiger partial charge in [0.2, 0.25) is 0 Å². The fraction of sp³-hybridized carbons (Fsp3) is 0.188. The lowest BCUT2D eigenvalue weighted by molar-refractivity contribution is 0.386. The fourth-order valence-corrected chi connectivity index (χ4v) is 5.16. The highest BCUT2D eigenvalue weighted by Crippen LogP contribution is 2.55. The van der Waals surface area contributed by atoms with Gasteiger partial charge < -0.3 is 4.90 Å². The number of hydrogen-bond acceptors (Lipinski definition) is 2. The number of thioether (sulfide) groups is 1. The summed E-state index contributed by atoms with van der Waals surface area (Å²) in [5, 5.41) is 0. The van der Waals surface area contributed by atoms with Crippen molar-refractivity contribution in [1.82, 2.24) is 4.90 Å². The zero-order valence-electron chi connectivity index (χ0n) is 10.4. The van der Waals surface area contributed by atoms with Gasteiger partial charge in [0.1, 0.15) is 9.86 Å². The van der Waals surface area contributed by atoms with Crippen LogP contribution in [0.15, 0.2) is 54.6 Å². The van der Waals surface area contributed by atoms with E-state index in [9.17, 15) is 0 Å². The zero-order chi connectivity index (χ0) is 12.9. The second-order valence-corrected chi connectivity index (χ2v) is 6.54. The summed E-state index contributed by atoms with van der Waals surface area (Å²) in [4.78, 5) is 3.31. The highest BCUT2D eigenvalue weighted by molar-refractivity contribution is 8.00. The summed E-state index contributed by atoms with van der Waals surface area (Å²) in [6.45, 7) is 1.03. The molecule has 0 bridgehead atoms. The second kappa shape index (κ2) is 4.09. The Kier molecular flexibility index (Phi) is 2.47. The summed E-state index contributed by atoms with van der Waals surface area (Å²) >= 11 is 7.69. The smallest absolute Gasteiger partial charge is 0.139 e. The van der Waals surface area contributed by atoms with Crippen LogP contribution in [0.4, 0.5) is 0 Å². The molecule has 2 aromatic carbocycles. The summed E-state index contributed by atoms with van der Waals surface area (Å²) in [6.07, 6.45) is 0. The Morgan fingerprint density at radius 2 is 1.74 bits per heavy atom. The molecule has 3 heteroatoms. The molecule has 0 saturated carbocycles. The molecular formula is C16H13NS2. The first-order valence-electron chi connectivity index (χ1n) is 6.45. The monoisotopic (exact) mass is 283 g/mol. The van der Waals surface area contributed by atoms with Crippen LogP contribution in [0.3, 0.4) is 0 Å². The summed E-state index contributed by atoms with van der Waals surface area (Å²) in [5.74, 6) is 1.13. The molecule has 0 spiro atoms. The molecule has 1 saturated heterocycles. The Morgan fingerprint density at radius 1 is 1.00 bits per heavy atom. The quantitative estimate of drug-likeness (QED) is 0.736. The minimum atomic E-state index is -0.0884. The van der Waals surface area contributed by atoms with Gasteiger partial charge in [-0.2, -0.15) is 0 Å². The van der Waals surface area contributed by atoms with Crippen LogP contribution < -0.4 is 0 Å². The summed E-state index contributed by atoms with van der Waals surface area (Å²) in [5.41, 5.74) is 3.92. The first kappa shape index (κ1) is 11.5.